The lowest BCUT2D eigenvalue weighted by Crippen LogP contribution is -2.62. The van der Waals surface area contributed by atoms with E-state index in [1.54, 1.807) is 0 Å². The first-order valence-corrected chi connectivity index (χ1v) is 15.6. The van der Waals surface area contributed by atoms with Crippen LogP contribution in [0.4, 0.5) is 0 Å². The van der Waals surface area contributed by atoms with Crippen molar-refractivity contribution in [1.82, 2.24) is 0 Å². The van der Waals surface area contributed by atoms with Crippen molar-refractivity contribution in [3.63, 3.8) is 0 Å². The van der Waals surface area contributed by atoms with Crippen LogP contribution in [0.15, 0.2) is 45.6 Å². The standard InChI is InChI=1S/C32H38O18/c1-10-19(36)22(39)25(42)31(45-10)47-14-7-15(34)18-17(8-14)48-28(12-3-5-13(33)6-4-12)29(21(18)38)50-32-26(43)23(40)27(11(2)46-32)49-30-24(41)20(37)16(35)9-44-30/h3-8,10-11,16,19-20,22-27,30-37,39-43H,9H2,1-2H3. The number of hydrogen-bond acceptors (Lipinski definition) is 18. The molecule has 3 aliphatic heterocycles. The molecule has 0 spiro atoms. The third-order valence-corrected chi connectivity index (χ3v) is 8.85. The predicted molar refractivity (Wildman–Crippen MR) is 164 cm³/mol. The zero-order chi connectivity index (χ0) is 36.2. The zero-order valence-electron chi connectivity index (χ0n) is 26.5. The lowest BCUT2D eigenvalue weighted by atomic mass is 9.99. The minimum atomic E-state index is -1.89. The molecule has 2 aromatic carbocycles. The number of aliphatic hydroxyl groups excluding tert-OH is 8. The molecule has 10 N–H and O–H groups in total. The van der Waals surface area contributed by atoms with Gasteiger partial charge in [0, 0.05) is 17.7 Å². The van der Waals surface area contributed by atoms with Gasteiger partial charge in [0.05, 0.1) is 18.8 Å². The summed E-state index contributed by atoms with van der Waals surface area (Å²) >= 11 is 0. The van der Waals surface area contributed by atoms with E-state index >= 15 is 0 Å². The fraction of sp³-hybridized carbons (Fsp3) is 0.531. The molecule has 3 aliphatic rings. The number of rotatable bonds is 7. The van der Waals surface area contributed by atoms with Crippen LogP contribution in [0.1, 0.15) is 13.8 Å². The van der Waals surface area contributed by atoms with Gasteiger partial charge in [-0.25, -0.2) is 0 Å². The number of ether oxygens (including phenoxy) is 6. The van der Waals surface area contributed by atoms with Crippen LogP contribution in [0.2, 0.25) is 0 Å². The Hall–Kier alpha value is -3.63. The first-order chi connectivity index (χ1) is 23.7. The molecule has 3 aromatic rings. The molecule has 274 valence electrons. The van der Waals surface area contributed by atoms with Gasteiger partial charge in [-0.05, 0) is 38.1 Å². The summed E-state index contributed by atoms with van der Waals surface area (Å²) in [6.45, 7) is 2.50. The quantitative estimate of drug-likeness (QED) is 0.124. The second-order valence-electron chi connectivity index (χ2n) is 12.4. The highest BCUT2D eigenvalue weighted by molar-refractivity contribution is 5.88. The normalized spacial score (nSPS) is 37.8. The lowest BCUT2D eigenvalue weighted by molar-refractivity contribution is -0.334. The van der Waals surface area contributed by atoms with E-state index in [0.717, 1.165) is 6.07 Å². The van der Waals surface area contributed by atoms with Crippen LogP contribution in [0, 0.1) is 0 Å². The summed E-state index contributed by atoms with van der Waals surface area (Å²) in [6, 6.07) is 7.56. The molecule has 50 heavy (non-hydrogen) atoms. The third kappa shape index (κ3) is 6.73. The minimum Gasteiger partial charge on any atom is -0.508 e. The molecule has 14 unspecified atom stereocenters. The molecule has 0 saturated carbocycles. The van der Waals surface area contributed by atoms with Crippen LogP contribution in [0.5, 0.6) is 23.0 Å². The molecule has 3 fully saturated rings. The number of phenols is 2. The van der Waals surface area contributed by atoms with E-state index in [1.807, 2.05) is 0 Å². The van der Waals surface area contributed by atoms with Crippen molar-refractivity contribution in [1.29, 1.82) is 0 Å². The minimum absolute atomic E-state index is 0.122. The van der Waals surface area contributed by atoms with Crippen molar-refractivity contribution >= 4 is 11.0 Å². The summed E-state index contributed by atoms with van der Waals surface area (Å²) in [5, 5.41) is 103. The van der Waals surface area contributed by atoms with Gasteiger partial charge in [0.25, 0.3) is 0 Å². The molecule has 0 aliphatic carbocycles. The van der Waals surface area contributed by atoms with Gasteiger partial charge in [-0.1, -0.05) is 0 Å². The summed E-state index contributed by atoms with van der Waals surface area (Å²) in [5.41, 5.74) is -1.02. The summed E-state index contributed by atoms with van der Waals surface area (Å²) < 4.78 is 39.6. The predicted octanol–water partition coefficient (Wildman–Crippen LogP) is -2.25. The van der Waals surface area contributed by atoms with E-state index in [1.165, 1.54) is 44.2 Å². The molecule has 18 nitrogen and oxygen atoms in total. The molecule has 14 atom stereocenters. The van der Waals surface area contributed by atoms with Gasteiger partial charge in [-0.3, -0.25) is 4.79 Å². The Labute approximate surface area is 282 Å². The molecule has 0 amide bonds. The average molecular weight is 711 g/mol. The van der Waals surface area contributed by atoms with Crippen LogP contribution >= 0.6 is 0 Å². The van der Waals surface area contributed by atoms with E-state index in [2.05, 4.69) is 0 Å². The first kappa shape index (κ1) is 36.2. The van der Waals surface area contributed by atoms with Gasteiger partial charge in [-0.2, -0.15) is 0 Å². The molecule has 1 aromatic heterocycles. The summed E-state index contributed by atoms with van der Waals surface area (Å²) in [6.07, 6.45) is -21.1. The largest absolute Gasteiger partial charge is 0.508 e. The second kappa shape index (κ2) is 14.2. The molecule has 4 heterocycles. The molecule has 18 heteroatoms. The zero-order valence-corrected chi connectivity index (χ0v) is 26.5. The van der Waals surface area contributed by atoms with Crippen LogP contribution in [-0.4, -0.2) is 144 Å². The first-order valence-electron chi connectivity index (χ1n) is 15.6. The van der Waals surface area contributed by atoms with Crippen molar-refractivity contribution in [2.75, 3.05) is 6.61 Å². The van der Waals surface area contributed by atoms with E-state index in [0.29, 0.717) is 0 Å². The van der Waals surface area contributed by atoms with Gasteiger partial charge in [0.15, 0.2) is 12.1 Å². The molecule has 0 bridgehead atoms. The molecule has 0 radical (unpaired) electrons. The van der Waals surface area contributed by atoms with Crippen LogP contribution in [0.25, 0.3) is 22.3 Å². The molecule has 3 saturated heterocycles. The topological polar surface area (TPSA) is 288 Å². The number of phenolic OH excluding ortho intramolecular Hbond substituents is 2. The Morgan fingerprint density at radius 2 is 1.32 bits per heavy atom. The SMILES string of the molecule is CC1OC(Oc2cc(O)c3c(=O)c(OC4OC(C)C(OC5OCC(O)C(O)C5O)C(O)C4O)c(-c4ccc(O)cc4)oc3c2)C(O)C(O)C1O. The monoisotopic (exact) mass is 710 g/mol. The van der Waals surface area contributed by atoms with E-state index < -0.39 is 108 Å². The smallest absolute Gasteiger partial charge is 0.239 e. The van der Waals surface area contributed by atoms with Crippen LogP contribution < -0.4 is 14.9 Å². The highest BCUT2D eigenvalue weighted by Crippen LogP contribution is 2.39. The summed E-state index contributed by atoms with van der Waals surface area (Å²) in [5.74, 6) is -1.79. The van der Waals surface area contributed by atoms with Crippen LogP contribution in [-0.2, 0) is 18.9 Å². The van der Waals surface area contributed by atoms with Crippen molar-refractivity contribution < 1.29 is 83.9 Å². The number of fused-ring (bicyclic) bond motifs is 1. The fourth-order valence-electron chi connectivity index (χ4n) is 5.94. The summed E-state index contributed by atoms with van der Waals surface area (Å²) in [4.78, 5) is 14.0. The molecular weight excluding hydrogens is 672 g/mol. The molecule has 6 rings (SSSR count). The Morgan fingerprint density at radius 1 is 0.700 bits per heavy atom. The highest BCUT2D eigenvalue weighted by atomic mass is 16.7. The fourth-order valence-corrected chi connectivity index (χ4v) is 5.94. The van der Waals surface area contributed by atoms with E-state index in [9.17, 15) is 55.9 Å². The maximum absolute atomic E-state index is 14.0. The van der Waals surface area contributed by atoms with Gasteiger partial charge in [0.2, 0.25) is 23.8 Å². The Bertz CT molecular complexity index is 1710. The summed E-state index contributed by atoms with van der Waals surface area (Å²) in [7, 11) is 0. The van der Waals surface area contributed by atoms with E-state index in [-0.39, 0.29) is 35.0 Å². The van der Waals surface area contributed by atoms with Crippen molar-refractivity contribution in [2.24, 2.45) is 0 Å². The van der Waals surface area contributed by atoms with Gasteiger partial charge in [-0.15, -0.1) is 0 Å². The average Bonchev–Trinajstić information content (AvgIpc) is 3.08. The van der Waals surface area contributed by atoms with E-state index in [4.69, 9.17) is 32.8 Å². The van der Waals surface area contributed by atoms with Gasteiger partial charge in [0.1, 0.15) is 83.2 Å². The number of hydrogen-bond donors (Lipinski definition) is 10. The lowest BCUT2D eigenvalue weighted by Gasteiger charge is -2.44. The second-order valence-corrected chi connectivity index (χ2v) is 12.4. The maximum Gasteiger partial charge on any atom is 0.239 e. The third-order valence-electron chi connectivity index (χ3n) is 8.85. The highest BCUT2D eigenvalue weighted by Gasteiger charge is 2.49. The maximum atomic E-state index is 14.0. The number of aromatic hydroxyl groups is 2. The van der Waals surface area contributed by atoms with Gasteiger partial charge < -0.3 is 83.9 Å². The number of aliphatic hydroxyl groups is 8. The number of benzene rings is 2. The van der Waals surface area contributed by atoms with Gasteiger partial charge >= 0.3 is 0 Å². The van der Waals surface area contributed by atoms with Crippen LogP contribution in [0.3, 0.4) is 0 Å². The Balaban J connectivity index is 1.31. The van der Waals surface area contributed by atoms with Crippen molar-refractivity contribution in [3.8, 4) is 34.3 Å². The van der Waals surface area contributed by atoms with Crippen molar-refractivity contribution in [3.05, 3.63) is 46.6 Å². The Kier molecular flexibility index (Phi) is 10.3. The van der Waals surface area contributed by atoms with Crippen molar-refractivity contribution in [2.45, 2.75) is 99.9 Å². The Morgan fingerprint density at radius 3 is 2.02 bits per heavy atom. The molecular formula is C32H38O18.